The fourth-order valence-electron chi connectivity index (χ4n) is 7.17. The van der Waals surface area contributed by atoms with Crippen molar-refractivity contribution in [3.63, 3.8) is 0 Å². The monoisotopic (exact) mass is 851 g/mol. The quantitative estimate of drug-likeness (QED) is 0.0743. The van der Waals surface area contributed by atoms with Crippen molar-refractivity contribution in [3.8, 4) is 11.6 Å². The van der Waals surface area contributed by atoms with E-state index in [2.05, 4.69) is 42.2 Å². The smallest absolute Gasteiger partial charge is 0.262 e. The second-order valence-electron chi connectivity index (χ2n) is 14.6. The molecule has 2 N–H and O–H groups in total. The van der Waals surface area contributed by atoms with Crippen molar-refractivity contribution in [2.24, 2.45) is 4.99 Å². The molecule has 1 aromatic carbocycles. The molecule has 5 amide bonds. The molecule has 3 aliphatic rings. The summed E-state index contributed by atoms with van der Waals surface area (Å²) >= 11 is 0. The van der Waals surface area contributed by atoms with Crippen LogP contribution in [-0.4, -0.2) is 156 Å². The number of piperazine rings is 1. The summed E-state index contributed by atoms with van der Waals surface area (Å²) in [6.07, 6.45) is 6.85. The molecule has 0 saturated carbocycles. The number of nitrogens with zero attached hydrogens (tertiary/aromatic N) is 9. The molecule has 0 radical (unpaired) electrons. The fourth-order valence-corrected chi connectivity index (χ4v) is 7.17. The third kappa shape index (κ3) is 10.1. The highest BCUT2D eigenvalue weighted by Crippen LogP contribution is 2.31. The highest BCUT2D eigenvalue weighted by molar-refractivity contribution is 6.23. The van der Waals surface area contributed by atoms with E-state index in [1.165, 1.54) is 23.0 Å². The summed E-state index contributed by atoms with van der Waals surface area (Å²) in [7, 11) is 0. The number of ether oxygens (including phenoxy) is 4. The Labute approximate surface area is 357 Å². The molecular formula is C42H49N11O9. The lowest BCUT2D eigenvalue weighted by Crippen LogP contribution is -2.54. The first-order chi connectivity index (χ1) is 30.1. The number of piperidine rings is 1. The Hall–Kier alpha value is -6.61. The lowest BCUT2D eigenvalue weighted by molar-refractivity contribution is -0.136. The number of aryl methyl sites for hydroxylation is 1. The number of rotatable bonds is 20. The summed E-state index contributed by atoms with van der Waals surface area (Å²) in [6.45, 7) is 13.9. The average molecular weight is 852 g/mol. The van der Waals surface area contributed by atoms with Crippen LogP contribution < -0.4 is 20.3 Å². The summed E-state index contributed by atoms with van der Waals surface area (Å²) < 4.78 is 25.9. The number of carbonyl (C=O) groups excluding carboxylic acids is 5. The van der Waals surface area contributed by atoms with Crippen LogP contribution in [0.1, 0.15) is 56.4 Å². The predicted molar refractivity (Wildman–Crippen MR) is 226 cm³/mol. The maximum absolute atomic E-state index is 13.4. The molecule has 7 rings (SSSR count). The number of carbonyl (C=O) groups is 5. The summed E-state index contributed by atoms with van der Waals surface area (Å²) in [5.41, 5.74) is 1.62. The van der Waals surface area contributed by atoms with E-state index in [1.807, 2.05) is 32.0 Å². The van der Waals surface area contributed by atoms with Crippen molar-refractivity contribution < 1.29 is 42.9 Å². The van der Waals surface area contributed by atoms with E-state index in [0.717, 1.165) is 49.0 Å². The van der Waals surface area contributed by atoms with Gasteiger partial charge in [-0.1, -0.05) is 12.1 Å². The van der Waals surface area contributed by atoms with Crippen molar-refractivity contribution >= 4 is 59.9 Å². The second kappa shape index (κ2) is 20.3. The first kappa shape index (κ1) is 43.5. The molecule has 20 nitrogen and oxygen atoms in total. The van der Waals surface area contributed by atoms with Crippen molar-refractivity contribution in [1.82, 2.24) is 39.7 Å². The molecule has 3 aliphatic heterocycles. The number of hydrogen-bond acceptors (Lipinski definition) is 15. The van der Waals surface area contributed by atoms with E-state index in [1.54, 1.807) is 29.2 Å². The molecule has 3 aromatic heterocycles. The lowest BCUT2D eigenvalue weighted by Gasteiger charge is -2.34. The predicted octanol–water partition coefficient (Wildman–Crippen LogP) is 2.50. The Kier molecular flexibility index (Phi) is 14.2. The highest BCUT2D eigenvalue weighted by atomic mass is 16.6. The maximum atomic E-state index is 13.4. The fraction of sp³-hybridized carbons (Fsp3) is 0.405. The van der Waals surface area contributed by atoms with Gasteiger partial charge in [0.2, 0.25) is 11.8 Å². The number of pyridine rings is 1. The van der Waals surface area contributed by atoms with Crippen LogP contribution in [0.5, 0.6) is 5.75 Å². The van der Waals surface area contributed by atoms with Gasteiger partial charge >= 0.3 is 0 Å². The van der Waals surface area contributed by atoms with Crippen molar-refractivity contribution in [2.45, 2.75) is 32.7 Å². The number of aromatic nitrogens is 5. The van der Waals surface area contributed by atoms with Gasteiger partial charge in [-0.25, -0.2) is 14.7 Å². The van der Waals surface area contributed by atoms with Gasteiger partial charge in [-0.2, -0.15) is 9.78 Å². The van der Waals surface area contributed by atoms with Gasteiger partial charge in [0, 0.05) is 57.6 Å². The van der Waals surface area contributed by atoms with E-state index >= 15 is 0 Å². The Morgan fingerprint density at radius 2 is 1.63 bits per heavy atom. The third-order valence-electron chi connectivity index (χ3n) is 10.4. The molecule has 62 heavy (non-hydrogen) atoms. The number of allylic oxidation sites excluding steroid dienone is 1. The number of fused-ring (bicyclic) bond motifs is 1. The minimum Gasteiger partial charge on any atom is -0.491 e. The van der Waals surface area contributed by atoms with E-state index in [9.17, 15) is 24.0 Å². The largest absolute Gasteiger partial charge is 0.491 e. The van der Waals surface area contributed by atoms with E-state index in [-0.39, 0.29) is 42.7 Å². The van der Waals surface area contributed by atoms with Crippen LogP contribution in [0.15, 0.2) is 59.9 Å². The Morgan fingerprint density at radius 3 is 2.32 bits per heavy atom. The molecule has 20 heteroatoms. The molecule has 1 unspecified atom stereocenters. The van der Waals surface area contributed by atoms with Gasteiger partial charge in [-0.05, 0) is 56.8 Å². The van der Waals surface area contributed by atoms with Crippen LogP contribution in [0.25, 0.3) is 12.0 Å². The zero-order valence-corrected chi connectivity index (χ0v) is 34.7. The molecule has 2 fully saturated rings. The van der Waals surface area contributed by atoms with Gasteiger partial charge < -0.3 is 29.2 Å². The van der Waals surface area contributed by atoms with Crippen molar-refractivity contribution in [1.29, 1.82) is 0 Å². The van der Waals surface area contributed by atoms with Gasteiger partial charge in [0.15, 0.2) is 17.5 Å². The van der Waals surface area contributed by atoms with Crippen LogP contribution >= 0.6 is 0 Å². The van der Waals surface area contributed by atoms with Gasteiger partial charge in [0.25, 0.3) is 17.7 Å². The van der Waals surface area contributed by atoms with Crippen LogP contribution in [0, 0.1) is 6.92 Å². The number of anilines is 2. The van der Waals surface area contributed by atoms with E-state index in [4.69, 9.17) is 24.0 Å². The number of hydrogen-bond donors (Lipinski definition) is 2. The molecule has 1 atom stereocenters. The molecule has 2 saturated heterocycles. The van der Waals surface area contributed by atoms with Gasteiger partial charge in [-0.15, -0.1) is 5.10 Å². The average Bonchev–Trinajstić information content (AvgIpc) is 3.95. The molecule has 0 aliphatic carbocycles. The topological polar surface area (TPSA) is 217 Å². The van der Waals surface area contributed by atoms with Crippen LogP contribution in [0.3, 0.4) is 0 Å². The van der Waals surface area contributed by atoms with Crippen molar-refractivity contribution in [2.75, 3.05) is 89.2 Å². The van der Waals surface area contributed by atoms with Crippen LogP contribution in [-0.2, 0) is 23.8 Å². The number of nitrogens with one attached hydrogen (secondary N) is 2. The Morgan fingerprint density at radius 1 is 0.903 bits per heavy atom. The normalized spacial score (nSPS) is 16.9. The number of aliphatic imine (C=N–C) groups is 1. The Bertz CT molecular complexity index is 2320. The Balaban J connectivity index is 0.769. The summed E-state index contributed by atoms with van der Waals surface area (Å²) in [6, 6.07) is 9.19. The summed E-state index contributed by atoms with van der Waals surface area (Å²) in [5.74, 6) is -0.167. The third-order valence-corrected chi connectivity index (χ3v) is 10.4. The highest BCUT2D eigenvalue weighted by Gasteiger charge is 2.44. The van der Waals surface area contributed by atoms with Crippen molar-refractivity contribution in [3.05, 3.63) is 77.1 Å². The van der Waals surface area contributed by atoms with Crippen LogP contribution in [0.4, 0.5) is 17.5 Å². The first-order valence-corrected chi connectivity index (χ1v) is 20.4. The van der Waals surface area contributed by atoms with E-state index in [0.29, 0.717) is 56.2 Å². The molecule has 0 bridgehead atoms. The summed E-state index contributed by atoms with van der Waals surface area (Å²) in [5, 5.41) is 14.2. The van der Waals surface area contributed by atoms with Gasteiger partial charge in [-0.3, -0.25) is 39.1 Å². The number of benzene rings is 1. The maximum Gasteiger partial charge on any atom is 0.262 e. The lowest BCUT2D eigenvalue weighted by atomic mass is 10.0. The minimum absolute atomic E-state index is 0.0553. The zero-order chi connectivity index (χ0) is 43.6. The molecule has 326 valence electrons. The standard InChI is InChI=1S/C42H49N11O9/c1-4-11-51-38(43-3)32(27-45-51)39(55)46-35-25-36(48-53(35)34-9-5-28(2)26-44-34)50-14-12-49(13-15-50)16-17-59-18-19-60-20-21-61-22-23-62-29-6-7-30-31(24-29)42(58)52(41(30)57)33-8-10-37(54)47-40(33)56/h4-7,9,11,24-27,33H,3,8,10,12-23H2,1-2H3,(H,46,55)(H,47,54,56)/b11-4-. The first-order valence-electron chi connectivity index (χ1n) is 20.4. The van der Waals surface area contributed by atoms with Crippen LogP contribution in [0.2, 0.25) is 0 Å². The van der Waals surface area contributed by atoms with E-state index < -0.39 is 35.6 Å². The van der Waals surface area contributed by atoms with Gasteiger partial charge in [0.1, 0.15) is 29.8 Å². The number of imide groups is 2. The molecule has 4 aromatic rings. The number of amides is 5. The molecule has 6 heterocycles. The minimum atomic E-state index is -1.02. The second-order valence-corrected chi connectivity index (χ2v) is 14.6. The molecular weight excluding hydrogens is 803 g/mol. The molecule has 0 spiro atoms. The zero-order valence-electron chi connectivity index (χ0n) is 34.7. The SMILES string of the molecule is C=Nc1c(C(=O)Nc2cc(N3CCN(CCOCCOCCOCCOc4ccc5c(c4)C(=O)N(C4CCC(=O)NC4=O)C5=O)CC3)nn2-c2ccc(C)cn2)cnn1/C=C\C. The van der Waals surface area contributed by atoms with Gasteiger partial charge in [0.05, 0.1) is 57.0 Å². The summed E-state index contributed by atoms with van der Waals surface area (Å²) in [4.78, 5) is 77.1.